The first-order valence-electron chi connectivity index (χ1n) is 18.1. The summed E-state index contributed by atoms with van der Waals surface area (Å²) in [6, 6.07) is 65.2. The average molecular weight is 659 g/mol. The fraction of sp³-hybridized carbons (Fsp3) is 0.0200. The van der Waals surface area contributed by atoms with Gasteiger partial charge in [-0.1, -0.05) is 146 Å². The molecular formula is C50H30N2. The van der Waals surface area contributed by atoms with E-state index in [-0.39, 0.29) is 5.41 Å². The Bertz CT molecular complexity index is 3100. The second-order valence-corrected chi connectivity index (χ2v) is 14.2. The van der Waals surface area contributed by atoms with Crippen LogP contribution in [0.5, 0.6) is 0 Å². The Morgan fingerprint density at radius 2 is 1.04 bits per heavy atom. The number of aromatic nitrogens is 2. The third-order valence-electron chi connectivity index (χ3n) is 11.8. The molecule has 2 heterocycles. The molecule has 0 saturated carbocycles. The molecule has 2 aliphatic rings. The van der Waals surface area contributed by atoms with Crippen molar-refractivity contribution < 1.29 is 0 Å². The Hall–Kier alpha value is -6.77. The largest absolute Gasteiger partial charge is 0.309 e. The molecule has 52 heavy (non-hydrogen) atoms. The Labute approximate surface area is 300 Å². The van der Waals surface area contributed by atoms with E-state index in [1.165, 1.54) is 88.2 Å². The minimum atomic E-state index is -0.361. The summed E-state index contributed by atoms with van der Waals surface area (Å²) >= 11 is 0. The molecule has 0 amide bonds. The molecule has 240 valence electrons. The number of benzene rings is 8. The molecule has 0 unspecified atom stereocenters. The van der Waals surface area contributed by atoms with Crippen molar-refractivity contribution in [2.45, 2.75) is 5.41 Å². The van der Waals surface area contributed by atoms with Crippen LogP contribution < -0.4 is 0 Å². The maximum atomic E-state index is 4.89. The smallest absolute Gasteiger partial charge is 0.0801 e. The van der Waals surface area contributed by atoms with Crippen LogP contribution in [0.2, 0.25) is 0 Å². The summed E-state index contributed by atoms with van der Waals surface area (Å²) in [5, 5.41) is 6.00. The number of nitrogens with zero attached hydrogens (tertiary/aromatic N) is 2. The van der Waals surface area contributed by atoms with Crippen LogP contribution in [-0.2, 0) is 5.41 Å². The van der Waals surface area contributed by atoms with E-state index in [1.54, 1.807) is 0 Å². The van der Waals surface area contributed by atoms with Gasteiger partial charge in [-0.2, -0.15) is 0 Å². The van der Waals surface area contributed by atoms with E-state index < -0.39 is 0 Å². The van der Waals surface area contributed by atoms with Crippen molar-refractivity contribution in [1.82, 2.24) is 9.55 Å². The predicted octanol–water partition coefficient (Wildman–Crippen LogP) is 12.5. The first kappa shape index (κ1) is 28.0. The zero-order valence-corrected chi connectivity index (χ0v) is 28.2. The highest BCUT2D eigenvalue weighted by atomic mass is 15.0. The normalized spacial score (nSPS) is 13.5. The number of hydrogen-bond donors (Lipinski definition) is 0. The van der Waals surface area contributed by atoms with Gasteiger partial charge in [0.2, 0.25) is 0 Å². The van der Waals surface area contributed by atoms with Crippen molar-refractivity contribution in [1.29, 1.82) is 0 Å². The lowest BCUT2D eigenvalue weighted by molar-refractivity contribution is 0.794. The number of fused-ring (bicyclic) bond motifs is 16. The Kier molecular flexibility index (Phi) is 5.46. The molecule has 2 heteroatoms. The molecule has 2 aromatic heterocycles. The SMILES string of the molecule is c1ccc2c(c1)-c1ccccc1C21c2ccccc2-c2c(-c3ccc4c(c3)c3ccccc3n4-c3cccc4ccc5cccnc5c34)cccc21. The van der Waals surface area contributed by atoms with E-state index in [9.17, 15) is 0 Å². The highest BCUT2D eigenvalue weighted by molar-refractivity contribution is 6.15. The summed E-state index contributed by atoms with van der Waals surface area (Å²) in [7, 11) is 0. The molecule has 2 aliphatic carbocycles. The van der Waals surface area contributed by atoms with E-state index in [0.29, 0.717) is 0 Å². The Balaban J connectivity index is 1.14. The molecule has 0 saturated heterocycles. The molecule has 0 atom stereocenters. The molecule has 1 spiro atoms. The number of rotatable bonds is 2. The average Bonchev–Trinajstić information content (AvgIpc) is 3.82. The van der Waals surface area contributed by atoms with Gasteiger partial charge in [0, 0.05) is 27.7 Å². The Morgan fingerprint density at radius 3 is 1.87 bits per heavy atom. The van der Waals surface area contributed by atoms with Gasteiger partial charge in [-0.05, 0) is 91.4 Å². The zero-order valence-electron chi connectivity index (χ0n) is 28.2. The second-order valence-electron chi connectivity index (χ2n) is 14.2. The summed E-state index contributed by atoms with van der Waals surface area (Å²) in [5.74, 6) is 0. The Morgan fingerprint density at radius 1 is 0.423 bits per heavy atom. The zero-order chi connectivity index (χ0) is 34.0. The lowest BCUT2D eigenvalue weighted by Gasteiger charge is -2.30. The van der Waals surface area contributed by atoms with Gasteiger partial charge in [-0.25, -0.2) is 0 Å². The number of hydrogen-bond acceptors (Lipinski definition) is 1. The molecule has 0 bridgehead atoms. The van der Waals surface area contributed by atoms with Gasteiger partial charge >= 0.3 is 0 Å². The summed E-state index contributed by atoms with van der Waals surface area (Å²) in [6.45, 7) is 0. The van der Waals surface area contributed by atoms with Crippen molar-refractivity contribution in [2.75, 3.05) is 0 Å². The maximum absolute atomic E-state index is 4.89. The van der Waals surface area contributed by atoms with E-state index in [0.717, 1.165) is 16.6 Å². The second kappa shape index (κ2) is 10.2. The van der Waals surface area contributed by atoms with E-state index >= 15 is 0 Å². The van der Waals surface area contributed by atoms with Gasteiger partial charge in [-0.15, -0.1) is 0 Å². The van der Waals surface area contributed by atoms with Crippen LogP contribution in [0, 0.1) is 0 Å². The van der Waals surface area contributed by atoms with Crippen molar-refractivity contribution in [3.63, 3.8) is 0 Å². The maximum Gasteiger partial charge on any atom is 0.0801 e. The van der Waals surface area contributed by atoms with Crippen molar-refractivity contribution in [3.05, 3.63) is 204 Å². The highest BCUT2D eigenvalue weighted by Gasteiger charge is 2.51. The van der Waals surface area contributed by atoms with Gasteiger partial charge in [0.15, 0.2) is 0 Å². The molecule has 12 rings (SSSR count). The fourth-order valence-electron chi connectivity index (χ4n) is 9.87. The van der Waals surface area contributed by atoms with Crippen LogP contribution in [0.4, 0.5) is 0 Å². The van der Waals surface area contributed by atoms with E-state index in [4.69, 9.17) is 4.98 Å². The first-order valence-corrected chi connectivity index (χ1v) is 18.1. The third kappa shape index (κ3) is 3.42. The fourth-order valence-corrected chi connectivity index (χ4v) is 9.87. The van der Waals surface area contributed by atoms with Gasteiger partial charge in [0.1, 0.15) is 0 Å². The van der Waals surface area contributed by atoms with Gasteiger partial charge < -0.3 is 4.57 Å². The van der Waals surface area contributed by atoms with Crippen LogP contribution in [0.15, 0.2) is 182 Å². The van der Waals surface area contributed by atoms with Crippen LogP contribution in [0.25, 0.3) is 82.5 Å². The van der Waals surface area contributed by atoms with Crippen LogP contribution in [0.1, 0.15) is 22.3 Å². The molecule has 10 aromatic rings. The van der Waals surface area contributed by atoms with Gasteiger partial charge in [-0.3, -0.25) is 4.98 Å². The minimum absolute atomic E-state index is 0.361. The van der Waals surface area contributed by atoms with E-state index in [2.05, 4.69) is 174 Å². The first-order chi connectivity index (χ1) is 25.8. The molecule has 2 nitrogen and oxygen atoms in total. The van der Waals surface area contributed by atoms with Crippen molar-refractivity contribution >= 4 is 43.5 Å². The monoisotopic (exact) mass is 658 g/mol. The summed E-state index contributed by atoms with van der Waals surface area (Å²) < 4.78 is 2.44. The van der Waals surface area contributed by atoms with Crippen LogP contribution in [-0.4, -0.2) is 9.55 Å². The lowest BCUT2D eigenvalue weighted by atomic mass is 9.70. The summed E-state index contributed by atoms with van der Waals surface area (Å²) in [6.07, 6.45) is 1.90. The van der Waals surface area contributed by atoms with Crippen LogP contribution >= 0.6 is 0 Å². The summed E-state index contributed by atoms with van der Waals surface area (Å²) in [5.41, 5.74) is 17.5. The quantitative estimate of drug-likeness (QED) is 0.169. The van der Waals surface area contributed by atoms with Crippen molar-refractivity contribution in [3.8, 4) is 39.1 Å². The minimum Gasteiger partial charge on any atom is -0.309 e. The van der Waals surface area contributed by atoms with Crippen LogP contribution in [0.3, 0.4) is 0 Å². The molecule has 0 aliphatic heterocycles. The highest BCUT2D eigenvalue weighted by Crippen LogP contribution is 2.64. The summed E-state index contributed by atoms with van der Waals surface area (Å²) in [4.78, 5) is 4.89. The van der Waals surface area contributed by atoms with E-state index in [1.807, 2.05) is 12.3 Å². The standard InChI is InChI=1S/C50H30N2/c1-5-19-40-35(14-1)36-15-2-6-20-41(36)50(40)42-21-7-3-17-38(42)48-34(18-10-22-43(48)50)33-27-28-45-39(30-33)37-16-4-8-23-44(37)52(45)46-24-9-12-31-25-26-32-13-11-29-51-49(32)47(31)46/h1-30H. The van der Waals surface area contributed by atoms with Gasteiger partial charge in [0.25, 0.3) is 0 Å². The molecule has 8 aromatic carbocycles. The molecule has 0 radical (unpaired) electrons. The molecule has 0 fully saturated rings. The predicted molar refractivity (Wildman–Crippen MR) is 215 cm³/mol. The van der Waals surface area contributed by atoms with Gasteiger partial charge in [0.05, 0.1) is 27.7 Å². The lowest BCUT2D eigenvalue weighted by Crippen LogP contribution is -2.25. The molecule has 0 N–H and O–H groups in total. The topological polar surface area (TPSA) is 17.8 Å². The molecular weight excluding hydrogens is 629 g/mol. The van der Waals surface area contributed by atoms with Crippen molar-refractivity contribution in [2.24, 2.45) is 0 Å². The number of para-hydroxylation sites is 1. The number of pyridine rings is 1. The third-order valence-corrected chi connectivity index (χ3v) is 11.8.